The highest BCUT2D eigenvalue weighted by Gasteiger charge is 2.06. The van der Waals surface area contributed by atoms with Crippen molar-refractivity contribution >= 4 is 46.8 Å². The van der Waals surface area contributed by atoms with E-state index in [-0.39, 0.29) is 0 Å². The van der Waals surface area contributed by atoms with Gasteiger partial charge in [0.2, 0.25) is 0 Å². The van der Waals surface area contributed by atoms with E-state index in [0.29, 0.717) is 5.69 Å². The predicted molar refractivity (Wildman–Crippen MR) is 103 cm³/mol. The number of nitrogens with zero attached hydrogens (tertiary/aromatic N) is 3. The molecule has 0 amide bonds. The van der Waals surface area contributed by atoms with E-state index in [1.165, 1.54) is 0 Å². The summed E-state index contributed by atoms with van der Waals surface area (Å²) in [5.74, 6) is 0. The van der Waals surface area contributed by atoms with E-state index in [1.807, 2.05) is 89.9 Å². The molecule has 0 unspecified atom stereocenters. The molecule has 0 aliphatic heterocycles. The van der Waals surface area contributed by atoms with Gasteiger partial charge < -0.3 is 0 Å². The SMILES string of the molecule is ClN(Cl)c1ccc(C=NN(c2ccccc2)c2ccccc2)cc1. The van der Waals surface area contributed by atoms with Gasteiger partial charge in [0.05, 0.1) is 23.3 Å². The lowest BCUT2D eigenvalue weighted by Crippen LogP contribution is -2.09. The van der Waals surface area contributed by atoms with Crippen molar-refractivity contribution in [2.75, 3.05) is 8.95 Å². The predicted octanol–water partition coefficient (Wildman–Crippen LogP) is 5.97. The van der Waals surface area contributed by atoms with Crippen LogP contribution in [0.2, 0.25) is 0 Å². The van der Waals surface area contributed by atoms with E-state index in [1.54, 1.807) is 6.21 Å². The van der Waals surface area contributed by atoms with Crippen LogP contribution in [0, 0.1) is 0 Å². The van der Waals surface area contributed by atoms with Gasteiger partial charge in [-0.05, 0) is 42.0 Å². The Balaban J connectivity index is 1.89. The molecule has 24 heavy (non-hydrogen) atoms. The molecule has 0 aliphatic carbocycles. The molecule has 3 aromatic carbocycles. The van der Waals surface area contributed by atoms with Gasteiger partial charge in [-0.2, -0.15) is 9.04 Å². The molecule has 0 aliphatic rings. The normalized spacial score (nSPS) is 10.8. The second kappa shape index (κ2) is 7.86. The first-order valence-electron chi connectivity index (χ1n) is 7.40. The maximum atomic E-state index is 5.70. The highest BCUT2D eigenvalue weighted by molar-refractivity contribution is 6.49. The van der Waals surface area contributed by atoms with Gasteiger partial charge in [-0.25, -0.2) is 5.01 Å². The monoisotopic (exact) mass is 355 g/mol. The van der Waals surface area contributed by atoms with E-state index in [2.05, 4.69) is 5.10 Å². The number of hydrazone groups is 1. The lowest BCUT2D eigenvalue weighted by Gasteiger charge is -2.19. The first-order valence-corrected chi connectivity index (χ1v) is 8.07. The van der Waals surface area contributed by atoms with Crippen LogP contribution >= 0.6 is 23.6 Å². The zero-order valence-corrected chi connectivity index (χ0v) is 14.3. The van der Waals surface area contributed by atoms with Crippen molar-refractivity contribution in [3.63, 3.8) is 0 Å². The third kappa shape index (κ3) is 4.07. The molecule has 0 N–H and O–H groups in total. The summed E-state index contributed by atoms with van der Waals surface area (Å²) in [5, 5.41) is 6.53. The Hall–Kier alpha value is -2.49. The molecule has 3 rings (SSSR count). The molecule has 0 saturated heterocycles. The van der Waals surface area contributed by atoms with Crippen LogP contribution in [-0.4, -0.2) is 6.21 Å². The number of anilines is 3. The summed E-state index contributed by atoms with van der Waals surface area (Å²) in [6, 6.07) is 27.5. The van der Waals surface area contributed by atoms with Crippen LogP contribution in [0.5, 0.6) is 0 Å². The van der Waals surface area contributed by atoms with Crippen LogP contribution in [0.4, 0.5) is 17.1 Å². The molecule has 0 aromatic heterocycles. The molecule has 0 atom stereocenters. The Morgan fingerprint density at radius 2 is 1.12 bits per heavy atom. The number of hydrogen-bond acceptors (Lipinski definition) is 3. The lowest BCUT2D eigenvalue weighted by molar-refractivity contribution is 1.09. The quantitative estimate of drug-likeness (QED) is 0.318. The Bertz CT molecular complexity index is 748. The van der Waals surface area contributed by atoms with Gasteiger partial charge in [0.1, 0.15) is 0 Å². The minimum absolute atomic E-state index is 0.707. The Morgan fingerprint density at radius 3 is 1.58 bits per heavy atom. The van der Waals surface area contributed by atoms with Crippen LogP contribution in [0.1, 0.15) is 5.56 Å². The largest absolute Gasteiger partial charge is 0.234 e. The Morgan fingerprint density at radius 1 is 0.625 bits per heavy atom. The van der Waals surface area contributed by atoms with Crippen LogP contribution in [0.15, 0.2) is 90.0 Å². The second-order valence-electron chi connectivity index (χ2n) is 5.05. The molecule has 0 bridgehead atoms. The molecule has 0 heterocycles. The smallest absolute Gasteiger partial charge is 0.0710 e. The Kier molecular flexibility index (Phi) is 5.36. The summed E-state index contributed by atoms with van der Waals surface area (Å²) in [5.41, 5.74) is 3.64. The number of benzene rings is 3. The van der Waals surface area contributed by atoms with Crippen molar-refractivity contribution in [2.24, 2.45) is 5.10 Å². The summed E-state index contributed by atoms with van der Waals surface area (Å²) in [6.45, 7) is 0. The second-order valence-corrected chi connectivity index (χ2v) is 5.90. The van der Waals surface area contributed by atoms with Crippen molar-refractivity contribution in [2.45, 2.75) is 0 Å². The fourth-order valence-electron chi connectivity index (χ4n) is 2.22. The van der Waals surface area contributed by atoms with Crippen molar-refractivity contribution in [3.8, 4) is 0 Å². The standard InChI is InChI=1S/C19H15Cl2N3/c20-24(21)19-13-11-16(12-14-19)15-22-23(17-7-3-1-4-8-17)18-9-5-2-6-10-18/h1-15H. The number of para-hydroxylation sites is 2. The van der Waals surface area contributed by atoms with Crippen LogP contribution in [0.25, 0.3) is 0 Å². The molecular weight excluding hydrogens is 341 g/mol. The minimum atomic E-state index is 0.707. The fourth-order valence-corrected chi connectivity index (χ4v) is 2.44. The van der Waals surface area contributed by atoms with Gasteiger partial charge in [-0.3, -0.25) is 0 Å². The van der Waals surface area contributed by atoms with Crippen LogP contribution in [0.3, 0.4) is 0 Å². The zero-order chi connectivity index (χ0) is 16.8. The number of hydrogen-bond donors (Lipinski definition) is 0. The molecule has 0 spiro atoms. The number of halogens is 2. The molecule has 0 fully saturated rings. The van der Waals surface area contributed by atoms with Crippen molar-refractivity contribution < 1.29 is 0 Å². The molecule has 0 radical (unpaired) electrons. The summed E-state index contributed by atoms with van der Waals surface area (Å²) < 4.78 is 1.03. The van der Waals surface area contributed by atoms with E-state index < -0.39 is 0 Å². The fraction of sp³-hybridized carbons (Fsp3) is 0. The van der Waals surface area contributed by atoms with Crippen LogP contribution in [-0.2, 0) is 0 Å². The third-order valence-electron chi connectivity index (χ3n) is 3.41. The summed E-state index contributed by atoms with van der Waals surface area (Å²) >= 11 is 11.4. The Labute approximate surface area is 151 Å². The highest BCUT2D eigenvalue weighted by Crippen LogP contribution is 2.25. The minimum Gasteiger partial charge on any atom is -0.234 e. The van der Waals surface area contributed by atoms with E-state index in [0.717, 1.165) is 20.9 Å². The topological polar surface area (TPSA) is 18.8 Å². The van der Waals surface area contributed by atoms with E-state index in [9.17, 15) is 0 Å². The van der Waals surface area contributed by atoms with Gasteiger partial charge in [0.15, 0.2) is 0 Å². The summed E-state index contributed by atoms with van der Waals surface area (Å²) in [6.07, 6.45) is 1.80. The molecule has 120 valence electrons. The molecular formula is C19H15Cl2N3. The molecule has 3 aromatic rings. The lowest BCUT2D eigenvalue weighted by atomic mass is 10.2. The average Bonchev–Trinajstić information content (AvgIpc) is 2.64. The van der Waals surface area contributed by atoms with Gasteiger partial charge in [-0.1, -0.05) is 48.5 Å². The molecule has 5 heteroatoms. The van der Waals surface area contributed by atoms with E-state index in [4.69, 9.17) is 23.6 Å². The number of rotatable bonds is 5. The first-order chi connectivity index (χ1) is 11.7. The van der Waals surface area contributed by atoms with E-state index >= 15 is 0 Å². The third-order valence-corrected chi connectivity index (χ3v) is 3.80. The first kappa shape index (κ1) is 16.4. The molecule has 3 nitrogen and oxygen atoms in total. The van der Waals surface area contributed by atoms with Crippen molar-refractivity contribution in [3.05, 3.63) is 90.5 Å². The van der Waals surface area contributed by atoms with Gasteiger partial charge in [-0.15, -0.1) is 0 Å². The molecule has 0 saturated carbocycles. The average molecular weight is 356 g/mol. The summed E-state index contributed by atoms with van der Waals surface area (Å²) in [7, 11) is 0. The van der Waals surface area contributed by atoms with Gasteiger partial charge in [0, 0.05) is 23.6 Å². The summed E-state index contributed by atoms with van der Waals surface area (Å²) in [4.78, 5) is 0. The van der Waals surface area contributed by atoms with Crippen LogP contribution < -0.4 is 8.95 Å². The maximum Gasteiger partial charge on any atom is 0.0710 e. The van der Waals surface area contributed by atoms with Crippen molar-refractivity contribution in [1.29, 1.82) is 0 Å². The van der Waals surface area contributed by atoms with Gasteiger partial charge in [0.25, 0.3) is 0 Å². The maximum absolute atomic E-state index is 5.70. The van der Waals surface area contributed by atoms with Crippen molar-refractivity contribution in [1.82, 2.24) is 0 Å². The zero-order valence-electron chi connectivity index (χ0n) is 12.8. The van der Waals surface area contributed by atoms with Gasteiger partial charge >= 0.3 is 0 Å². The highest BCUT2D eigenvalue weighted by atomic mass is 35.5.